The van der Waals surface area contributed by atoms with Gasteiger partial charge in [-0.05, 0) is 55.7 Å². The second kappa shape index (κ2) is 6.30. The molecule has 1 aromatic carbocycles. The van der Waals surface area contributed by atoms with Crippen LogP contribution >= 0.6 is 0 Å². The molecule has 2 aliphatic rings. The fourth-order valence-electron chi connectivity index (χ4n) is 3.64. The first-order valence-corrected chi connectivity index (χ1v) is 8.28. The zero-order chi connectivity index (χ0) is 16.4. The van der Waals surface area contributed by atoms with Gasteiger partial charge in [0, 0.05) is 19.5 Å². The second-order valence-corrected chi connectivity index (χ2v) is 6.78. The Hall–Kier alpha value is -1.91. The first-order chi connectivity index (χ1) is 11.0. The number of carbonyl (C=O) groups is 2. The lowest BCUT2D eigenvalue weighted by molar-refractivity contribution is -0.137. The second-order valence-electron chi connectivity index (χ2n) is 6.78. The standard InChI is InChI=1S/C18H22FNO3/c19-15-6-4-14(5-7-15)18(9-10-18)17(23)20-11-1-2-13(12-20)3-8-16(21)22/h4-7,13H,1-3,8-12H2,(H,21,22). The van der Waals surface area contributed by atoms with Crippen LogP contribution < -0.4 is 0 Å². The van der Waals surface area contributed by atoms with E-state index in [2.05, 4.69) is 0 Å². The molecule has 124 valence electrons. The number of rotatable bonds is 5. The first-order valence-electron chi connectivity index (χ1n) is 8.28. The van der Waals surface area contributed by atoms with Crippen molar-refractivity contribution in [2.24, 2.45) is 5.92 Å². The van der Waals surface area contributed by atoms with Gasteiger partial charge in [-0.3, -0.25) is 9.59 Å². The van der Waals surface area contributed by atoms with E-state index in [-0.39, 0.29) is 24.1 Å². The number of carboxylic acid groups (broad SMARTS) is 1. The summed E-state index contributed by atoms with van der Waals surface area (Å²) in [7, 11) is 0. The fourth-order valence-corrected chi connectivity index (χ4v) is 3.64. The minimum Gasteiger partial charge on any atom is -0.481 e. The van der Waals surface area contributed by atoms with Gasteiger partial charge in [0.2, 0.25) is 5.91 Å². The summed E-state index contributed by atoms with van der Waals surface area (Å²) < 4.78 is 13.1. The SMILES string of the molecule is O=C(O)CCC1CCCN(C(=O)C2(c3ccc(F)cc3)CC2)C1. The Morgan fingerprint density at radius 2 is 1.96 bits per heavy atom. The van der Waals surface area contributed by atoms with Crippen molar-refractivity contribution in [1.82, 2.24) is 4.90 Å². The fraction of sp³-hybridized carbons (Fsp3) is 0.556. The van der Waals surface area contributed by atoms with E-state index in [1.54, 1.807) is 12.1 Å². The van der Waals surface area contributed by atoms with Crippen LogP contribution in [0.4, 0.5) is 4.39 Å². The van der Waals surface area contributed by atoms with Gasteiger partial charge >= 0.3 is 5.97 Å². The number of nitrogens with zero attached hydrogens (tertiary/aromatic N) is 1. The third-order valence-electron chi connectivity index (χ3n) is 5.13. The van der Waals surface area contributed by atoms with Crippen molar-refractivity contribution in [3.05, 3.63) is 35.6 Å². The molecule has 1 unspecified atom stereocenters. The van der Waals surface area contributed by atoms with Crippen molar-refractivity contribution in [1.29, 1.82) is 0 Å². The smallest absolute Gasteiger partial charge is 0.303 e. The molecule has 0 aromatic heterocycles. The minimum absolute atomic E-state index is 0.129. The molecule has 0 spiro atoms. The van der Waals surface area contributed by atoms with Crippen LogP contribution in [0.3, 0.4) is 0 Å². The lowest BCUT2D eigenvalue weighted by atomic mass is 9.89. The number of carboxylic acids is 1. The van der Waals surface area contributed by atoms with Crippen LogP contribution in [-0.2, 0) is 15.0 Å². The largest absolute Gasteiger partial charge is 0.481 e. The van der Waals surface area contributed by atoms with Gasteiger partial charge in [-0.1, -0.05) is 12.1 Å². The number of aliphatic carboxylic acids is 1. The number of likely N-dealkylation sites (tertiary alicyclic amines) is 1. The maximum Gasteiger partial charge on any atom is 0.303 e. The molecule has 1 aliphatic heterocycles. The van der Waals surface area contributed by atoms with E-state index in [0.29, 0.717) is 13.0 Å². The number of hydrogen-bond acceptors (Lipinski definition) is 2. The van der Waals surface area contributed by atoms with Gasteiger partial charge in [0.25, 0.3) is 0 Å². The van der Waals surface area contributed by atoms with Crippen LogP contribution in [0.15, 0.2) is 24.3 Å². The molecule has 2 fully saturated rings. The topological polar surface area (TPSA) is 57.6 Å². The summed E-state index contributed by atoms with van der Waals surface area (Å²) >= 11 is 0. The Kier molecular flexibility index (Phi) is 4.37. The normalized spacial score (nSPS) is 22.7. The van der Waals surface area contributed by atoms with Gasteiger partial charge < -0.3 is 10.0 Å². The molecule has 1 aliphatic carbocycles. The maximum atomic E-state index is 13.1. The first kappa shape index (κ1) is 16.0. The third kappa shape index (κ3) is 3.38. The zero-order valence-electron chi connectivity index (χ0n) is 13.1. The van der Waals surface area contributed by atoms with Crippen molar-refractivity contribution in [2.75, 3.05) is 13.1 Å². The molecule has 1 saturated carbocycles. The van der Waals surface area contributed by atoms with Gasteiger partial charge in [-0.2, -0.15) is 0 Å². The highest BCUT2D eigenvalue weighted by Crippen LogP contribution is 2.50. The Balaban J connectivity index is 1.67. The van der Waals surface area contributed by atoms with Gasteiger partial charge in [-0.25, -0.2) is 4.39 Å². The van der Waals surface area contributed by atoms with Gasteiger partial charge in [0.1, 0.15) is 5.82 Å². The van der Waals surface area contributed by atoms with E-state index in [0.717, 1.165) is 37.8 Å². The predicted octanol–water partition coefficient (Wildman–Crippen LogP) is 2.96. The van der Waals surface area contributed by atoms with Gasteiger partial charge in [-0.15, -0.1) is 0 Å². The van der Waals surface area contributed by atoms with Gasteiger partial charge in [0.05, 0.1) is 5.41 Å². The molecule has 1 aromatic rings. The molecular weight excluding hydrogens is 297 g/mol. The molecule has 1 amide bonds. The molecule has 1 atom stereocenters. The number of carbonyl (C=O) groups excluding carboxylic acids is 1. The van der Waals surface area contributed by atoms with Crippen molar-refractivity contribution >= 4 is 11.9 Å². The van der Waals surface area contributed by atoms with Crippen molar-refractivity contribution in [3.8, 4) is 0 Å². The molecular formula is C18H22FNO3. The van der Waals surface area contributed by atoms with Crippen molar-refractivity contribution in [3.63, 3.8) is 0 Å². The van der Waals surface area contributed by atoms with Crippen LogP contribution in [0.1, 0.15) is 44.1 Å². The van der Waals surface area contributed by atoms with Crippen LogP contribution in [0.25, 0.3) is 0 Å². The lowest BCUT2D eigenvalue weighted by Gasteiger charge is -2.35. The number of halogens is 1. The van der Waals surface area contributed by atoms with Crippen LogP contribution in [0.2, 0.25) is 0 Å². The number of hydrogen-bond donors (Lipinski definition) is 1. The van der Waals surface area contributed by atoms with E-state index in [4.69, 9.17) is 5.11 Å². The summed E-state index contributed by atoms with van der Waals surface area (Å²) in [5, 5.41) is 8.82. The summed E-state index contributed by atoms with van der Waals surface area (Å²) in [5.74, 6) is -0.668. The van der Waals surface area contributed by atoms with E-state index >= 15 is 0 Å². The van der Waals surface area contributed by atoms with E-state index in [9.17, 15) is 14.0 Å². The molecule has 1 heterocycles. The summed E-state index contributed by atoms with van der Waals surface area (Å²) in [5.41, 5.74) is 0.430. The van der Waals surface area contributed by atoms with E-state index in [1.807, 2.05) is 4.90 Å². The molecule has 3 rings (SSSR count). The number of benzene rings is 1. The van der Waals surface area contributed by atoms with E-state index < -0.39 is 11.4 Å². The average Bonchev–Trinajstić information content (AvgIpc) is 3.35. The van der Waals surface area contributed by atoms with Gasteiger partial charge in [0.15, 0.2) is 0 Å². The molecule has 0 bridgehead atoms. The van der Waals surface area contributed by atoms with Crippen LogP contribution in [0, 0.1) is 11.7 Å². The third-order valence-corrected chi connectivity index (χ3v) is 5.13. The Bertz CT molecular complexity index is 595. The van der Waals surface area contributed by atoms with Crippen molar-refractivity contribution < 1.29 is 19.1 Å². The molecule has 5 heteroatoms. The molecule has 1 saturated heterocycles. The summed E-state index contributed by atoms with van der Waals surface area (Å²) in [6, 6.07) is 6.25. The number of piperidine rings is 1. The molecule has 1 N–H and O–H groups in total. The summed E-state index contributed by atoms with van der Waals surface area (Å²) in [6.07, 6.45) is 4.33. The zero-order valence-corrected chi connectivity index (χ0v) is 13.1. The summed E-state index contributed by atoms with van der Waals surface area (Å²) in [4.78, 5) is 25.6. The quantitative estimate of drug-likeness (QED) is 0.908. The Labute approximate surface area is 135 Å². The van der Waals surface area contributed by atoms with E-state index in [1.165, 1.54) is 12.1 Å². The summed E-state index contributed by atoms with van der Waals surface area (Å²) in [6.45, 7) is 1.39. The lowest BCUT2D eigenvalue weighted by Crippen LogP contribution is -2.45. The average molecular weight is 319 g/mol. The highest BCUT2D eigenvalue weighted by atomic mass is 19.1. The highest BCUT2D eigenvalue weighted by molar-refractivity contribution is 5.91. The highest BCUT2D eigenvalue weighted by Gasteiger charge is 2.53. The monoisotopic (exact) mass is 319 g/mol. The molecule has 4 nitrogen and oxygen atoms in total. The number of amides is 1. The Morgan fingerprint density at radius 1 is 1.26 bits per heavy atom. The molecule has 23 heavy (non-hydrogen) atoms. The van der Waals surface area contributed by atoms with Crippen LogP contribution in [-0.4, -0.2) is 35.0 Å². The van der Waals surface area contributed by atoms with Crippen LogP contribution in [0.5, 0.6) is 0 Å². The van der Waals surface area contributed by atoms with Crippen molar-refractivity contribution in [2.45, 2.75) is 43.9 Å². The minimum atomic E-state index is -0.779. The maximum absolute atomic E-state index is 13.1. The Morgan fingerprint density at radius 3 is 2.57 bits per heavy atom. The predicted molar refractivity (Wildman–Crippen MR) is 83.5 cm³/mol. The molecule has 0 radical (unpaired) electrons.